The summed E-state index contributed by atoms with van der Waals surface area (Å²) in [5, 5.41) is 0. The van der Waals surface area contributed by atoms with E-state index in [-0.39, 0.29) is 13.9 Å². The summed E-state index contributed by atoms with van der Waals surface area (Å²) in [6, 6.07) is 0. The van der Waals surface area contributed by atoms with Crippen LogP contribution in [0.4, 0.5) is 0 Å². The lowest BCUT2D eigenvalue weighted by atomic mass is 10.8. The first-order valence-electron chi connectivity index (χ1n) is 1.34. The van der Waals surface area contributed by atoms with E-state index < -0.39 is 0 Å². The summed E-state index contributed by atoms with van der Waals surface area (Å²) in [5.41, 5.74) is 0. The maximum atomic E-state index is 2.00. The Bertz CT molecular complexity index is 15.5. The third-order valence-electron chi connectivity index (χ3n) is 0. The van der Waals surface area contributed by atoms with Gasteiger partial charge in [-0.1, -0.05) is 0 Å². The van der Waals surface area contributed by atoms with Crippen molar-refractivity contribution in [3.8, 4) is 0 Å². The molecule has 0 unspecified atom stereocenters. The molecule has 0 aromatic carbocycles. The van der Waals surface area contributed by atoms with Crippen LogP contribution in [0.2, 0.25) is 0 Å². The molecule has 2 N–H and O–H groups in total. The van der Waals surface area contributed by atoms with Gasteiger partial charge in [-0.15, -0.1) is 0 Å². The smallest absolute Gasteiger partial charge is 0 e. The number of hydrogen-bond acceptors (Lipinski definition) is 1. The Labute approximate surface area is 41.0 Å². The molecular formula is C3H11BNO. The lowest BCUT2D eigenvalue weighted by Gasteiger charge is -1.90. The number of rotatable bonds is 0. The molecule has 0 spiro atoms. The van der Waals surface area contributed by atoms with Crippen LogP contribution in [0.5, 0.6) is 0 Å². The van der Waals surface area contributed by atoms with Crippen LogP contribution in [-0.4, -0.2) is 39.9 Å². The molecule has 0 aliphatic carbocycles. The molecule has 0 aromatic heterocycles. The molecule has 0 saturated heterocycles. The van der Waals surface area contributed by atoms with Crippen molar-refractivity contribution in [3.05, 3.63) is 0 Å². The molecule has 0 rings (SSSR count). The molecule has 3 heteroatoms. The molecule has 2 nitrogen and oxygen atoms in total. The average molecular weight is 87.9 g/mol. The summed E-state index contributed by atoms with van der Waals surface area (Å²) < 4.78 is 0. The first-order chi connectivity index (χ1) is 1.73. The van der Waals surface area contributed by atoms with E-state index in [1.54, 1.807) is 0 Å². The Morgan fingerprint density at radius 3 is 1.00 bits per heavy atom. The lowest BCUT2D eigenvalue weighted by molar-refractivity contribution is 0.505. The van der Waals surface area contributed by atoms with Crippen molar-refractivity contribution in [3.63, 3.8) is 0 Å². The van der Waals surface area contributed by atoms with E-state index in [0.29, 0.717) is 0 Å². The zero-order chi connectivity index (χ0) is 3.58. The van der Waals surface area contributed by atoms with Gasteiger partial charge in [0.05, 0.1) is 0 Å². The quantitative estimate of drug-likeness (QED) is 0.349. The van der Waals surface area contributed by atoms with Gasteiger partial charge in [-0.2, -0.15) is 0 Å². The highest BCUT2D eigenvalue weighted by Gasteiger charge is 1.58. The van der Waals surface area contributed by atoms with Crippen molar-refractivity contribution in [2.45, 2.75) is 0 Å². The molecule has 0 heterocycles. The Morgan fingerprint density at radius 1 is 1.00 bits per heavy atom. The second-order valence-electron chi connectivity index (χ2n) is 1.34. The van der Waals surface area contributed by atoms with Crippen molar-refractivity contribution in [2.24, 2.45) is 0 Å². The molecule has 6 heavy (non-hydrogen) atoms. The molecule has 37 valence electrons. The predicted molar refractivity (Wildman–Crippen MR) is 29.0 cm³/mol. The minimum atomic E-state index is 0. The fourth-order valence-electron chi connectivity index (χ4n) is 0. The minimum absolute atomic E-state index is 0. The summed E-state index contributed by atoms with van der Waals surface area (Å²) in [4.78, 5) is 2.00. The van der Waals surface area contributed by atoms with Crippen LogP contribution in [-0.2, 0) is 0 Å². The van der Waals surface area contributed by atoms with Crippen LogP contribution in [0.15, 0.2) is 0 Å². The number of nitrogens with zero attached hydrogens (tertiary/aromatic N) is 1. The summed E-state index contributed by atoms with van der Waals surface area (Å²) >= 11 is 0. The van der Waals surface area contributed by atoms with Crippen molar-refractivity contribution >= 4 is 8.41 Å². The van der Waals surface area contributed by atoms with Crippen LogP contribution >= 0.6 is 0 Å². The first-order valence-corrected chi connectivity index (χ1v) is 1.34. The molecule has 0 aliphatic rings. The van der Waals surface area contributed by atoms with Crippen molar-refractivity contribution < 1.29 is 5.48 Å². The van der Waals surface area contributed by atoms with Gasteiger partial charge in [0.2, 0.25) is 0 Å². The van der Waals surface area contributed by atoms with E-state index in [2.05, 4.69) is 0 Å². The first kappa shape index (κ1) is 16.7. The van der Waals surface area contributed by atoms with E-state index >= 15 is 0 Å². The zero-order valence-electron chi connectivity index (χ0n) is 4.52. The standard InChI is InChI=1S/C3H9N.B.H2O/c1-4(2)3;;/h1-3H3;;1H2. The largest absolute Gasteiger partial charge is 0.412 e. The maximum absolute atomic E-state index is 2.00. The fourth-order valence-corrected chi connectivity index (χ4v) is 0. The fraction of sp³-hybridized carbons (Fsp3) is 1.00. The van der Waals surface area contributed by atoms with Crippen molar-refractivity contribution in [1.29, 1.82) is 0 Å². The average Bonchev–Trinajstić information content (AvgIpc) is 0.811. The van der Waals surface area contributed by atoms with Gasteiger partial charge in [-0.25, -0.2) is 0 Å². The SMILES string of the molecule is CN(C)C.O.[B]. The molecule has 0 aromatic rings. The zero-order valence-corrected chi connectivity index (χ0v) is 4.52. The Balaban J connectivity index is -0.0000000450. The molecule has 0 saturated carbocycles. The Morgan fingerprint density at radius 2 is 1.00 bits per heavy atom. The van der Waals surface area contributed by atoms with Gasteiger partial charge in [0.25, 0.3) is 0 Å². The van der Waals surface area contributed by atoms with Gasteiger partial charge in [-0.05, 0) is 21.1 Å². The molecular weight excluding hydrogens is 76.9 g/mol. The third kappa shape index (κ3) is 156000. The van der Waals surface area contributed by atoms with E-state index in [4.69, 9.17) is 0 Å². The minimum Gasteiger partial charge on any atom is -0.412 e. The summed E-state index contributed by atoms with van der Waals surface area (Å²) in [5.74, 6) is 0. The summed E-state index contributed by atoms with van der Waals surface area (Å²) in [6.07, 6.45) is 0. The van der Waals surface area contributed by atoms with Gasteiger partial charge >= 0.3 is 0 Å². The topological polar surface area (TPSA) is 34.7 Å². The summed E-state index contributed by atoms with van der Waals surface area (Å²) in [6.45, 7) is 0. The number of hydrogen-bond donors (Lipinski definition) is 0. The van der Waals surface area contributed by atoms with E-state index in [1.807, 2.05) is 26.0 Å². The van der Waals surface area contributed by atoms with Crippen LogP contribution in [0.1, 0.15) is 0 Å². The van der Waals surface area contributed by atoms with Gasteiger partial charge in [0.1, 0.15) is 0 Å². The highest BCUT2D eigenvalue weighted by molar-refractivity contribution is 5.75. The van der Waals surface area contributed by atoms with Gasteiger partial charge in [0, 0.05) is 8.41 Å². The summed E-state index contributed by atoms with van der Waals surface area (Å²) in [7, 11) is 6.00. The second-order valence-corrected chi connectivity index (χ2v) is 1.34. The molecule has 0 atom stereocenters. The molecule has 0 aliphatic heterocycles. The Hall–Kier alpha value is -0.0151. The van der Waals surface area contributed by atoms with Gasteiger partial charge in [0.15, 0.2) is 0 Å². The molecule has 0 fully saturated rings. The van der Waals surface area contributed by atoms with Crippen molar-refractivity contribution in [2.75, 3.05) is 21.1 Å². The van der Waals surface area contributed by atoms with Crippen LogP contribution in [0.3, 0.4) is 0 Å². The molecule has 3 radical (unpaired) electrons. The van der Waals surface area contributed by atoms with Crippen LogP contribution in [0, 0.1) is 0 Å². The lowest BCUT2D eigenvalue weighted by Crippen LogP contribution is -1.99. The Kier molecular flexibility index (Phi) is 24.7. The van der Waals surface area contributed by atoms with E-state index in [1.165, 1.54) is 0 Å². The van der Waals surface area contributed by atoms with Crippen LogP contribution in [0.25, 0.3) is 0 Å². The highest BCUT2D eigenvalue weighted by atomic mass is 16.0. The third-order valence-corrected chi connectivity index (χ3v) is 0. The predicted octanol–water partition coefficient (Wildman–Crippen LogP) is -1.03. The van der Waals surface area contributed by atoms with Crippen LogP contribution < -0.4 is 0 Å². The maximum Gasteiger partial charge on any atom is 0 e. The van der Waals surface area contributed by atoms with E-state index in [0.717, 1.165) is 0 Å². The molecule has 0 amide bonds. The second kappa shape index (κ2) is 8.88. The van der Waals surface area contributed by atoms with E-state index in [9.17, 15) is 0 Å². The van der Waals surface area contributed by atoms with Crippen molar-refractivity contribution in [1.82, 2.24) is 4.90 Å². The van der Waals surface area contributed by atoms with Gasteiger partial charge < -0.3 is 10.4 Å². The molecule has 0 bridgehead atoms. The normalized spacial score (nSPS) is 6.00. The highest BCUT2D eigenvalue weighted by Crippen LogP contribution is 1.47. The monoisotopic (exact) mass is 88.1 g/mol. The van der Waals surface area contributed by atoms with Gasteiger partial charge in [-0.3, -0.25) is 0 Å².